The summed E-state index contributed by atoms with van der Waals surface area (Å²) in [6.07, 6.45) is 11.1. The third-order valence-electron chi connectivity index (χ3n) is 8.52. The maximum atomic E-state index is 2.35. The van der Waals surface area contributed by atoms with Crippen LogP contribution < -0.4 is 4.90 Å². The van der Waals surface area contributed by atoms with E-state index in [2.05, 4.69) is 154 Å². The molecule has 0 radical (unpaired) electrons. The van der Waals surface area contributed by atoms with Crippen LogP contribution in [0.3, 0.4) is 0 Å². The zero-order valence-corrected chi connectivity index (χ0v) is 24.7. The van der Waals surface area contributed by atoms with Crippen LogP contribution in [0.5, 0.6) is 0 Å². The van der Waals surface area contributed by atoms with Crippen LogP contribution in [0.15, 0.2) is 109 Å². The molecule has 0 aromatic heterocycles. The van der Waals surface area contributed by atoms with Crippen molar-refractivity contribution in [3.63, 3.8) is 0 Å². The van der Waals surface area contributed by atoms with E-state index in [0.29, 0.717) is 0 Å². The predicted molar refractivity (Wildman–Crippen MR) is 171 cm³/mol. The second-order valence-electron chi connectivity index (χ2n) is 11.4. The van der Waals surface area contributed by atoms with Crippen molar-refractivity contribution in [2.24, 2.45) is 0 Å². The van der Waals surface area contributed by atoms with Crippen LogP contribution >= 0.6 is 0 Å². The van der Waals surface area contributed by atoms with Gasteiger partial charge in [-0.25, -0.2) is 0 Å². The van der Waals surface area contributed by atoms with Gasteiger partial charge in [-0.1, -0.05) is 101 Å². The minimum absolute atomic E-state index is 0.0654. The highest BCUT2D eigenvalue weighted by atomic mass is 15.2. The Labute approximate surface area is 234 Å². The van der Waals surface area contributed by atoms with Gasteiger partial charge in [0.25, 0.3) is 0 Å². The molecule has 39 heavy (non-hydrogen) atoms. The maximum Gasteiger partial charge on any atom is 0.210 e. The Bertz CT molecular complexity index is 1690. The molecule has 2 heteroatoms. The number of benzene rings is 4. The van der Waals surface area contributed by atoms with E-state index in [1.807, 2.05) is 13.8 Å². The minimum Gasteiger partial charge on any atom is -0.347 e. The second kappa shape index (κ2) is 10.0. The van der Waals surface area contributed by atoms with Gasteiger partial charge in [-0.2, -0.15) is 4.58 Å². The van der Waals surface area contributed by atoms with E-state index in [0.717, 1.165) is 0 Å². The second-order valence-corrected chi connectivity index (χ2v) is 11.4. The standard InChI is InChI=1S/C35H35N2.C2H6/c1-34(2)30(36(5)28-22-20-24-14-10-12-16-26(24)32(28)34)18-8-7-9-19-31-35(3,4)33-27-17-13-11-15-25(27)21-23-29(33)37(31)6;1-2/h7-23H,1-6H3;1-2H3/q+1;. The molecule has 0 fully saturated rings. The molecule has 0 atom stereocenters. The number of fused-ring (bicyclic) bond motifs is 6. The first-order valence-corrected chi connectivity index (χ1v) is 14.2. The zero-order chi connectivity index (χ0) is 27.9. The Morgan fingerprint density at radius 3 is 1.92 bits per heavy atom. The normalized spacial score (nSPS) is 18.4. The Hall–Kier alpha value is -3.91. The SMILES string of the molecule is CC.CN1/C(=C/C=C/C=C/C2=[N+](C)c3ccc4ccccc4c3C2(C)C)C(C)(C)c2c1ccc1ccccc21. The van der Waals surface area contributed by atoms with Crippen molar-refractivity contribution >= 4 is 38.6 Å². The van der Waals surface area contributed by atoms with Gasteiger partial charge in [0, 0.05) is 41.6 Å². The van der Waals surface area contributed by atoms with Crippen LogP contribution in [0, 0.1) is 0 Å². The fourth-order valence-corrected chi connectivity index (χ4v) is 6.74. The number of likely N-dealkylation sites (N-methyl/N-ethyl adjacent to an activating group) is 1. The molecule has 0 spiro atoms. The topological polar surface area (TPSA) is 6.25 Å². The van der Waals surface area contributed by atoms with Gasteiger partial charge >= 0.3 is 0 Å². The lowest BCUT2D eigenvalue weighted by Crippen LogP contribution is -2.26. The first-order valence-electron chi connectivity index (χ1n) is 14.2. The van der Waals surface area contributed by atoms with Crippen LogP contribution in [0.2, 0.25) is 0 Å². The van der Waals surface area contributed by atoms with Crippen LogP contribution in [-0.4, -0.2) is 24.4 Å². The van der Waals surface area contributed by atoms with Gasteiger partial charge in [0.1, 0.15) is 7.05 Å². The Morgan fingerprint density at radius 2 is 1.26 bits per heavy atom. The van der Waals surface area contributed by atoms with Crippen molar-refractivity contribution in [2.45, 2.75) is 52.4 Å². The van der Waals surface area contributed by atoms with Crippen LogP contribution in [0.25, 0.3) is 21.5 Å². The molecule has 2 heterocycles. The van der Waals surface area contributed by atoms with E-state index in [4.69, 9.17) is 0 Å². The molecule has 2 nitrogen and oxygen atoms in total. The Balaban J connectivity index is 0.00000151. The lowest BCUT2D eigenvalue weighted by Gasteiger charge is -2.24. The van der Waals surface area contributed by atoms with Gasteiger partial charge in [0.05, 0.1) is 5.41 Å². The molecule has 0 saturated carbocycles. The molecule has 0 saturated heterocycles. The van der Waals surface area contributed by atoms with Crippen molar-refractivity contribution in [3.8, 4) is 0 Å². The van der Waals surface area contributed by atoms with Gasteiger partial charge < -0.3 is 4.90 Å². The highest BCUT2D eigenvalue weighted by Gasteiger charge is 2.44. The summed E-state index contributed by atoms with van der Waals surface area (Å²) in [7, 11) is 4.37. The molecule has 6 rings (SSSR count). The largest absolute Gasteiger partial charge is 0.347 e. The van der Waals surface area contributed by atoms with E-state index < -0.39 is 0 Å². The van der Waals surface area contributed by atoms with Gasteiger partial charge in [-0.15, -0.1) is 0 Å². The summed E-state index contributed by atoms with van der Waals surface area (Å²) in [5.74, 6) is 0. The van der Waals surface area contributed by atoms with Gasteiger partial charge in [-0.05, 0) is 59.2 Å². The number of hydrogen-bond donors (Lipinski definition) is 0. The molecule has 198 valence electrons. The third kappa shape index (κ3) is 4.14. The number of nitrogens with zero attached hydrogens (tertiary/aromatic N) is 2. The molecular weight excluding hydrogens is 472 g/mol. The van der Waals surface area contributed by atoms with E-state index in [1.165, 1.54) is 55.5 Å². The van der Waals surface area contributed by atoms with Gasteiger partial charge in [0.15, 0.2) is 5.71 Å². The summed E-state index contributed by atoms with van der Waals surface area (Å²) in [6.45, 7) is 13.4. The first-order chi connectivity index (χ1) is 18.7. The van der Waals surface area contributed by atoms with Crippen LogP contribution in [-0.2, 0) is 10.8 Å². The molecular formula is C37H41N2+. The average Bonchev–Trinajstić information content (AvgIpc) is 3.27. The highest BCUT2D eigenvalue weighted by Crippen LogP contribution is 2.50. The minimum atomic E-state index is -0.0654. The summed E-state index contributed by atoms with van der Waals surface area (Å²) in [6, 6.07) is 26.4. The van der Waals surface area contributed by atoms with Crippen molar-refractivity contribution in [2.75, 3.05) is 19.0 Å². The van der Waals surface area contributed by atoms with Crippen molar-refractivity contribution < 1.29 is 4.58 Å². The maximum absolute atomic E-state index is 2.35. The smallest absolute Gasteiger partial charge is 0.210 e. The van der Waals surface area contributed by atoms with Crippen molar-refractivity contribution in [1.82, 2.24) is 0 Å². The van der Waals surface area contributed by atoms with E-state index in [1.54, 1.807) is 0 Å². The number of allylic oxidation sites excluding steroid dienone is 6. The molecule has 4 aromatic rings. The molecule has 0 N–H and O–H groups in total. The summed E-state index contributed by atoms with van der Waals surface area (Å²) in [4.78, 5) is 2.35. The van der Waals surface area contributed by atoms with Crippen molar-refractivity contribution in [3.05, 3.63) is 120 Å². The summed E-state index contributed by atoms with van der Waals surface area (Å²) >= 11 is 0. The number of anilines is 1. The summed E-state index contributed by atoms with van der Waals surface area (Å²) < 4.78 is 2.35. The number of hydrogen-bond acceptors (Lipinski definition) is 1. The summed E-state index contributed by atoms with van der Waals surface area (Å²) in [5, 5.41) is 5.30. The molecule has 0 aliphatic carbocycles. The molecule has 2 aliphatic rings. The summed E-state index contributed by atoms with van der Waals surface area (Å²) in [5.41, 5.74) is 7.93. The number of rotatable bonds is 3. The Morgan fingerprint density at radius 1 is 0.667 bits per heavy atom. The monoisotopic (exact) mass is 513 g/mol. The predicted octanol–water partition coefficient (Wildman–Crippen LogP) is 9.45. The quantitative estimate of drug-likeness (QED) is 0.195. The first kappa shape index (κ1) is 26.7. The third-order valence-corrected chi connectivity index (χ3v) is 8.52. The van der Waals surface area contributed by atoms with E-state index in [-0.39, 0.29) is 10.8 Å². The lowest BCUT2D eigenvalue weighted by atomic mass is 9.79. The molecule has 0 bridgehead atoms. The lowest BCUT2D eigenvalue weighted by molar-refractivity contribution is -0.401. The van der Waals surface area contributed by atoms with Gasteiger partial charge in [0.2, 0.25) is 5.69 Å². The zero-order valence-electron chi connectivity index (χ0n) is 24.7. The average molecular weight is 514 g/mol. The molecule has 0 amide bonds. The molecule has 2 aliphatic heterocycles. The van der Waals surface area contributed by atoms with E-state index in [9.17, 15) is 0 Å². The van der Waals surface area contributed by atoms with Crippen LogP contribution in [0.4, 0.5) is 11.4 Å². The fraction of sp³-hybridized carbons (Fsp3) is 0.270. The Kier molecular flexibility index (Phi) is 6.84. The molecule has 4 aromatic carbocycles. The van der Waals surface area contributed by atoms with E-state index >= 15 is 0 Å². The van der Waals surface area contributed by atoms with Crippen molar-refractivity contribution in [1.29, 1.82) is 0 Å². The highest BCUT2D eigenvalue weighted by molar-refractivity contribution is 6.07. The molecule has 0 unspecified atom stereocenters. The van der Waals surface area contributed by atoms with Crippen LogP contribution in [0.1, 0.15) is 52.7 Å². The fourth-order valence-electron chi connectivity index (χ4n) is 6.74. The van der Waals surface area contributed by atoms with Gasteiger partial charge in [-0.3, -0.25) is 0 Å².